The van der Waals surface area contributed by atoms with E-state index in [9.17, 15) is 68.5 Å². The minimum Gasteiger partial charge on any atom is -0.462 e. The van der Waals surface area contributed by atoms with Crippen molar-refractivity contribution in [1.29, 1.82) is 5.26 Å². The second-order valence-corrected chi connectivity index (χ2v) is 21.5. The van der Waals surface area contributed by atoms with Crippen molar-refractivity contribution in [1.82, 2.24) is 5.16 Å². The zero-order chi connectivity index (χ0) is 57.2. The third kappa shape index (κ3) is 16.8. The fourth-order valence-electron chi connectivity index (χ4n) is 8.91. The number of aryl methyl sites for hydroxylation is 1. The molecule has 1 aromatic heterocycles. The van der Waals surface area contributed by atoms with E-state index in [1.54, 1.807) is 6.92 Å². The molecule has 2 aliphatic carbocycles. The molecule has 15 nitrogen and oxygen atoms in total. The van der Waals surface area contributed by atoms with E-state index in [1.165, 1.54) is 30.0 Å². The highest BCUT2D eigenvalue weighted by Gasteiger charge is 2.43. The number of anilines is 2. The van der Waals surface area contributed by atoms with Crippen LogP contribution in [0.1, 0.15) is 106 Å². The topological polar surface area (TPSA) is 235 Å². The van der Waals surface area contributed by atoms with Crippen molar-refractivity contribution < 1.29 is 82.5 Å². The van der Waals surface area contributed by atoms with Gasteiger partial charge in [0.2, 0.25) is 0 Å². The average molecular weight is 1110 g/mol. The molecule has 0 bridgehead atoms. The van der Waals surface area contributed by atoms with E-state index < -0.39 is 74.0 Å². The molecule has 7 rings (SSSR count). The van der Waals surface area contributed by atoms with Gasteiger partial charge in [-0.3, -0.25) is 19.2 Å². The number of benzene rings is 3. The molecule has 23 heteroatoms. The van der Waals surface area contributed by atoms with Crippen molar-refractivity contribution in [2.75, 3.05) is 16.4 Å². The van der Waals surface area contributed by atoms with Crippen LogP contribution in [-0.2, 0) is 46.0 Å². The number of carbonyl (C=O) groups excluding carboxylic acids is 4. The molecule has 4 aromatic rings. The lowest BCUT2D eigenvalue weighted by molar-refractivity contribution is -0.162. The molecule has 416 valence electrons. The van der Waals surface area contributed by atoms with Crippen LogP contribution in [-0.4, -0.2) is 77.2 Å². The number of sulfone groups is 1. The number of aliphatic hydroxyl groups is 2. The smallest absolute Gasteiger partial charge is 0.417 e. The van der Waals surface area contributed by atoms with Crippen molar-refractivity contribution in [3.8, 4) is 6.07 Å². The van der Waals surface area contributed by atoms with E-state index >= 15 is 0 Å². The Hall–Kier alpha value is -6.90. The predicted octanol–water partition coefficient (Wildman–Crippen LogP) is 10.3. The Balaban J connectivity index is 0.000000218. The first-order chi connectivity index (χ1) is 35.9. The standard InChI is InChI=1S/C24H36O5.C18H14F4N2O4S.C12H9F3N2O2/c1-5-15(3)24(27)29-21-11-14(2)10-17-7-6-16(4)20(23(17)21)9-8-19-12-18(25)13-22(26)28-19;1-17(26,10-29(27,28)14-6-3-12(19)4-7-14)16(25)24-13-5-2-11(9-23)15(8-13)18(20,21)22;1-7-10(6-16-19-7)11(18)17-9-4-2-8(3-5-9)12(13,14)15/h6-7,10,14-16,18-21,23,25H,5,8-9,11-13H2,1-4H3;2-8,26H,10H2,1H3,(H,24,25);2-6H,1H3,(H,17,18)/t14-,15-,16-,18+,19+,20-,21-,23-;;/m0../s1. The number of esters is 2. The minimum atomic E-state index is -4.86. The number of allylic oxidation sites excluding steroid dienone is 3. The molecule has 1 unspecified atom stereocenters. The minimum absolute atomic E-state index is 0.0854. The molecule has 3 aromatic carbocycles. The highest BCUT2D eigenvalue weighted by Crippen LogP contribution is 2.45. The maximum atomic E-state index is 13.0. The van der Waals surface area contributed by atoms with Gasteiger partial charge in [0.05, 0.1) is 58.0 Å². The van der Waals surface area contributed by atoms with Crippen molar-refractivity contribution in [2.24, 2.45) is 29.6 Å². The van der Waals surface area contributed by atoms with E-state index in [-0.39, 0.29) is 64.2 Å². The summed E-state index contributed by atoms with van der Waals surface area (Å²) in [5, 5.41) is 36.9. The first-order valence-electron chi connectivity index (χ1n) is 24.4. The molecular formula is C54H59F7N4O11S. The molecule has 0 saturated carbocycles. The Bertz CT molecular complexity index is 2950. The summed E-state index contributed by atoms with van der Waals surface area (Å²) in [6.45, 7) is 10.8. The zero-order valence-corrected chi connectivity index (χ0v) is 43.6. The van der Waals surface area contributed by atoms with E-state index in [0.717, 1.165) is 81.1 Å². The molecule has 77 heavy (non-hydrogen) atoms. The van der Waals surface area contributed by atoms with Gasteiger partial charge in [-0.15, -0.1) is 0 Å². The molecular weight excluding hydrogens is 1050 g/mol. The number of carbonyl (C=O) groups is 4. The number of nitrogens with one attached hydrogen (secondary N) is 2. The number of halogens is 7. The van der Waals surface area contributed by atoms with Gasteiger partial charge in [-0.05, 0) is 130 Å². The fourth-order valence-corrected chi connectivity index (χ4v) is 10.5. The molecule has 3 aliphatic rings. The van der Waals surface area contributed by atoms with E-state index in [4.69, 9.17) is 19.3 Å². The third-order valence-electron chi connectivity index (χ3n) is 13.2. The normalized spacial score (nSPS) is 22.3. The fraction of sp³-hybridized carbons (Fsp3) is 0.444. The number of cyclic esters (lactones) is 1. The van der Waals surface area contributed by atoms with E-state index in [2.05, 4.69) is 42.5 Å². The highest BCUT2D eigenvalue weighted by molar-refractivity contribution is 7.91. The van der Waals surface area contributed by atoms with Gasteiger partial charge >= 0.3 is 24.3 Å². The molecule has 1 fully saturated rings. The number of rotatable bonds is 13. The Morgan fingerprint density at radius 1 is 0.948 bits per heavy atom. The van der Waals surface area contributed by atoms with Crippen molar-refractivity contribution in [2.45, 2.75) is 121 Å². The van der Waals surface area contributed by atoms with Gasteiger partial charge in [-0.1, -0.05) is 51.1 Å². The second-order valence-electron chi connectivity index (χ2n) is 19.5. The van der Waals surface area contributed by atoms with Crippen molar-refractivity contribution in [3.05, 3.63) is 131 Å². The molecule has 0 radical (unpaired) electrons. The summed E-state index contributed by atoms with van der Waals surface area (Å²) in [6.07, 6.45) is 1.69. The summed E-state index contributed by atoms with van der Waals surface area (Å²) >= 11 is 0. The van der Waals surface area contributed by atoms with Crippen molar-refractivity contribution in [3.63, 3.8) is 0 Å². The summed E-state index contributed by atoms with van der Waals surface area (Å²) in [6, 6.07) is 11.6. The van der Waals surface area contributed by atoms with Crippen LogP contribution in [0.25, 0.3) is 0 Å². The van der Waals surface area contributed by atoms with Gasteiger partial charge in [0.25, 0.3) is 11.8 Å². The summed E-state index contributed by atoms with van der Waals surface area (Å²) in [5.41, 5.74) is -3.86. The van der Waals surface area contributed by atoms with Crippen LogP contribution in [0.3, 0.4) is 0 Å². The number of hydrogen-bond donors (Lipinski definition) is 4. The Labute approximate surface area is 440 Å². The zero-order valence-electron chi connectivity index (χ0n) is 42.7. The Morgan fingerprint density at radius 3 is 2.17 bits per heavy atom. The molecule has 9 atom stereocenters. The van der Waals surface area contributed by atoms with Crippen LogP contribution in [0.2, 0.25) is 0 Å². The van der Waals surface area contributed by atoms with Gasteiger partial charge in [-0.2, -0.15) is 31.6 Å². The molecule has 4 N–H and O–H groups in total. The maximum absolute atomic E-state index is 13.0. The lowest BCUT2D eigenvalue weighted by Crippen LogP contribution is -2.45. The molecule has 2 heterocycles. The van der Waals surface area contributed by atoms with Gasteiger partial charge in [0.1, 0.15) is 29.3 Å². The quantitative estimate of drug-likeness (QED) is 0.0555. The van der Waals surface area contributed by atoms with Gasteiger partial charge in [0.15, 0.2) is 15.4 Å². The van der Waals surface area contributed by atoms with Crippen LogP contribution >= 0.6 is 0 Å². The van der Waals surface area contributed by atoms with Crippen LogP contribution in [0.4, 0.5) is 42.1 Å². The SMILES string of the molecule is CC(O)(CS(=O)(=O)c1ccc(F)cc1)C(=O)Nc1ccc(C#N)c(C(F)(F)F)c1.CC[C@H](C)C(=O)O[C@H]1C[C@@H](C)C=C2C=C[C@H](C)[C@H](CC[C@@H]3C[C@@H](O)CC(=O)O3)[C@H]21.Cc1oncc1C(=O)Nc1ccc(C(F)(F)F)cc1. The maximum Gasteiger partial charge on any atom is 0.417 e. The van der Waals surface area contributed by atoms with Crippen LogP contribution in [0, 0.1) is 53.7 Å². The van der Waals surface area contributed by atoms with Crippen molar-refractivity contribution >= 4 is 45.0 Å². The largest absolute Gasteiger partial charge is 0.462 e. The van der Waals surface area contributed by atoms with Gasteiger partial charge in [0, 0.05) is 23.7 Å². The molecule has 2 amide bonds. The monoisotopic (exact) mass is 1100 g/mol. The lowest BCUT2D eigenvalue weighted by Gasteiger charge is -2.43. The first kappa shape index (κ1) is 61.0. The first-order valence-corrected chi connectivity index (χ1v) is 26.1. The number of ether oxygens (including phenoxy) is 2. The number of alkyl halides is 6. The number of aliphatic hydroxyl groups excluding tert-OH is 1. The molecule has 1 saturated heterocycles. The lowest BCUT2D eigenvalue weighted by atomic mass is 9.65. The second kappa shape index (κ2) is 25.5. The predicted molar refractivity (Wildman–Crippen MR) is 265 cm³/mol. The molecule has 1 aliphatic heterocycles. The Morgan fingerprint density at radius 2 is 1.60 bits per heavy atom. The highest BCUT2D eigenvalue weighted by atomic mass is 32.2. The van der Waals surface area contributed by atoms with Crippen LogP contribution in [0.15, 0.2) is 106 Å². The van der Waals surface area contributed by atoms with Crippen LogP contribution in [0.5, 0.6) is 0 Å². The summed E-state index contributed by atoms with van der Waals surface area (Å²) in [5.74, 6) is -2.45. The third-order valence-corrected chi connectivity index (χ3v) is 15.2. The number of nitrogens with zero attached hydrogens (tertiary/aromatic N) is 2. The number of hydrogen-bond acceptors (Lipinski definition) is 13. The Kier molecular flexibility index (Phi) is 20.2. The van der Waals surface area contributed by atoms with Gasteiger partial charge < -0.3 is 34.8 Å². The number of nitriles is 1. The van der Waals surface area contributed by atoms with Crippen LogP contribution < -0.4 is 10.6 Å². The number of amides is 2. The summed E-state index contributed by atoms with van der Waals surface area (Å²) in [7, 11) is -4.21. The van der Waals surface area contributed by atoms with E-state index in [1.807, 2.05) is 19.2 Å². The molecule has 0 spiro atoms. The van der Waals surface area contributed by atoms with E-state index in [0.29, 0.717) is 36.0 Å². The number of aromatic nitrogens is 1. The van der Waals surface area contributed by atoms with Gasteiger partial charge in [-0.25, -0.2) is 12.8 Å². The number of fused-ring (bicyclic) bond motifs is 1. The average Bonchev–Trinajstić information content (AvgIpc) is 3.79. The summed E-state index contributed by atoms with van der Waals surface area (Å²) < 4.78 is 130. The summed E-state index contributed by atoms with van der Waals surface area (Å²) in [4.78, 5) is 47.9.